The average molecular weight is 371 g/mol. The molecule has 3 aromatic rings. The quantitative estimate of drug-likeness (QED) is 0.710. The summed E-state index contributed by atoms with van der Waals surface area (Å²) in [6.45, 7) is 4.00. The van der Waals surface area contributed by atoms with Gasteiger partial charge in [-0.25, -0.2) is 4.98 Å². The van der Waals surface area contributed by atoms with Gasteiger partial charge in [0.25, 0.3) is 5.91 Å². The smallest absolute Gasteiger partial charge is 0.257 e. The van der Waals surface area contributed by atoms with Gasteiger partial charge in [0.2, 0.25) is 5.91 Å². The van der Waals surface area contributed by atoms with Gasteiger partial charge in [0, 0.05) is 22.7 Å². The lowest BCUT2D eigenvalue weighted by atomic mass is 10.1. The van der Waals surface area contributed by atoms with E-state index in [9.17, 15) is 9.59 Å². The van der Waals surface area contributed by atoms with Gasteiger partial charge < -0.3 is 5.32 Å². The van der Waals surface area contributed by atoms with Gasteiger partial charge in [-0.15, -0.1) is 22.7 Å². The number of nitrogens with zero attached hydrogens (tertiary/aromatic N) is 1. The van der Waals surface area contributed by atoms with Crippen molar-refractivity contribution in [1.29, 1.82) is 0 Å². The van der Waals surface area contributed by atoms with Crippen molar-refractivity contribution >= 4 is 39.6 Å². The van der Waals surface area contributed by atoms with Crippen molar-refractivity contribution in [1.82, 2.24) is 10.3 Å². The molecule has 0 saturated heterocycles. The Labute approximate surface area is 153 Å². The zero-order valence-electron chi connectivity index (χ0n) is 13.8. The molecule has 0 unspecified atom stereocenters. The average Bonchev–Trinajstić information content (AvgIpc) is 3.22. The normalized spacial score (nSPS) is 10.5. The van der Waals surface area contributed by atoms with Crippen LogP contribution in [0.15, 0.2) is 41.8 Å². The Morgan fingerprint density at radius 1 is 1.12 bits per heavy atom. The Balaban J connectivity index is 1.67. The van der Waals surface area contributed by atoms with E-state index in [1.807, 2.05) is 36.6 Å². The highest BCUT2D eigenvalue weighted by Gasteiger charge is 2.11. The van der Waals surface area contributed by atoms with Crippen LogP contribution < -0.4 is 10.6 Å². The van der Waals surface area contributed by atoms with Crippen LogP contribution in [0.2, 0.25) is 0 Å². The van der Waals surface area contributed by atoms with Crippen LogP contribution in [0.25, 0.3) is 10.6 Å². The first-order valence-corrected chi connectivity index (χ1v) is 9.38. The molecule has 5 nitrogen and oxygen atoms in total. The summed E-state index contributed by atoms with van der Waals surface area (Å²) in [6.07, 6.45) is 0. The Hall–Kier alpha value is -2.51. The number of thiazole rings is 1. The zero-order chi connectivity index (χ0) is 17.8. The minimum atomic E-state index is -0.168. The van der Waals surface area contributed by atoms with E-state index in [-0.39, 0.29) is 11.8 Å². The van der Waals surface area contributed by atoms with Gasteiger partial charge in [-0.2, -0.15) is 0 Å². The first-order chi connectivity index (χ1) is 12.0. The molecular formula is C18H17N3O2S2. The maximum atomic E-state index is 12.2. The maximum absolute atomic E-state index is 12.2. The van der Waals surface area contributed by atoms with Crippen LogP contribution in [0.4, 0.5) is 5.13 Å². The summed E-state index contributed by atoms with van der Waals surface area (Å²) in [6, 6.07) is 11.4. The number of carbonyl (C=O) groups is 2. The monoisotopic (exact) mass is 371 g/mol. The topological polar surface area (TPSA) is 71.1 Å². The van der Waals surface area contributed by atoms with Crippen LogP contribution in [0, 0.1) is 6.92 Å². The highest BCUT2D eigenvalue weighted by molar-refractivity contribution is 7.17. The maximum Gasteiger partial charge on any atom is 0.257 e. The van der Waals surface area contributed by atoms with E-state index in [2.05, 4.69) is 15.6 Å². The number of aromatic nitrogens is 1. The fourth-order valence-corrected chi connectivity index (χ4v) is 3.83. The Kier molecular flexibility index (Phi) is 5.25. The minimum absolute atomic E-state index is 0.0512. The molecule has 3 rings (SSSR count). The van der Waals surface area contributed by atoms with E-state index in [0.717, 1.165) is 21.0 Å². The third-order valence-corrected chi connectivity index (χ3v) is 5.33. The second-order valence-corrected chi connectivity index (χ2v) is 7.56. The third kappa shape index (κ3) is 4.52. The highest BCUT2D eigenvalue weighted by Crippen LogP contribution is 2.31. The molecule has 25 heavy (non-hydrogen) atoms. The summed E-state index contributed by atoms with van der Waals surface area (Å²) in [5, 5.41) is 8.09. The summed E-state index contributed by atoms with van der Waals surface area (Å²) in [5.41, 5.74) is 2.54. The molecule has 1 aromatic carbocycles. The standard InChI is InChI=1S/C18H17N3O2S2/c1-11-3-5-13(6-4-11)17(23)21-18-20-15(10-24-18)16-8-7-14(25-16)9-19-12(2)22/h3-8,10H,9H2,1-2H3,(H,19,22)(H,20,21,23). The van der Waals surface area contributed by atoms with Crippen LogP contribution in [0.1, 0.15) is 27.7 Å². The SMILES string of the molecule is CC(=O)NCc1ccc(-c2csc(NC(=O)c3ccc(C)cc3)n2)s1. The summed E-state index contributed by atoms with van der Waals surface area (Å²) in [4.78, 5) is 29.8. The van der Waals surface area contributed by atoms with Crippen molar-refractivity contribution in [3.8, 4) is 10.6 Å². The molecule has 7 heteroatoms. The number of hydrogen-bond donors (Lipinski definition) is 2. The summed E-state index contributed by atoms with van der Waals surface area (Å²) < 4.78 is 0. The van der Waals surface area contributed by atoms with E-state index >= 15 is 0 Å². The summed E-state index contributed by atoms with van der Waals surface area (Å²) in [7, 11) is 0. The van der Waals surface area contributed by atoms with Gasteiger partial charge in [-0.05, 0) is 31.2 Å². The van der Waals surface area contributed by atoms with E-state index in [0.29, 0.717) is 17.2 Å². The summed E-state index contributed by atoms with van der Waals surface area (Å²) >= 11 is 2.97. The van der Waals surface area contributed by atoms with E-state index in [1.54, 1.807) is 23.5 Å². The molecule has 2 amide bonds. The highest BCUT2D eigenvalue weighted by atomic mass is 32.1. The van der Waals surface area contributed by atoms with Gasteiger partial charge in [-0.1, -0.05) is 17.7 Å². The predicted octanol–water partition coefficient (Wildman–Crippen LogP) is 4.07. The van der Waals surface area contributed by atoms with Gasteiger partial charge in [0.1, 0.15) is 0 Å². The molecule has 2 N–H and O–H groups in total. The van der Waals surface area contributed by atoms with Crippen molar-refractivity contribution in [2.45, 2.75) is 20.4 Å². The molecule has 0 radical (unpaired) electrons. The number of benzene rings is 1. The first kappa shape index (κ1) is 17.3. The van der Waals surface area contributed by atoms with Crippen LogP contribution >= 0.6 is 22.7 Å². The van der Waals surface area contributed by atoms with Gasteiger partial charge in [0.05, 0.1) is 17.1 Å². The number of hydrogen-bond acceptors (Lipinski definition) is 5. The Bertz CT molecular complexity index is 897. The van der Waals surface area contributed by atoms with Gasteiger partial charge >= 0.3 is 0 Å². The molecule has 0 aliphatic heterocycles. The second-order valence-electron chi connectivity index (χ2n) is 5.53. The molecule has 0 spiro atoms. The van der Waals surface area contributed by atoms with Gasteiger partial charge in [0.15, 0.2) is 5.13 Å². The van der Waals surface area contributed by atoms with Crippen LogP contribution in [-0.2, 0) is 11.3 Å². The second kappa shape index (κ2) is 7.58. The molecule has 0 fully saturated rings. The molecular weight excluding hydrogens is 354 g/mol. The molecule has 0 aliphatic rings. The van der Waals surface area contributed by atoms with Crippen LogP contribution in [0.5, 0.6) is 0 Å². The molecule has 2 heterocycles. The Morgan fingerprint density at radius 3 is 2.60 bits per heavy atom. The molecule has 2 aromatic heterocycles. The van der Waals surface area contributed by atoms with Crippen molar-refractivity contribution < 1.29 is 9.59 Å². The lowest BCUT2D eigenvalue weighted by Crippen LogP contribution is -2.17. The predicted molar refractivity (Wildman–Crippen MR) is 102 cm³/mol. The van der Waals surface area contributed by atoms with Gasteiger partial charge in [-0.3, -0.25) is 14.9 Å². The van der Waals surface area contributed by atoms with Crippen LogP contribution in [-0.4, -0.2) is 16.8 Å². The number of nitrogens with one attached hydrogen (secondary N) is 2. The minimum Gasteiger partial charge on any atom is -0.351 e. The Morgan fingerprint density at radius 2 is 1.88 bits per heavy atom. The lowest BCUT2D eigenvalue weighted by molar-refractivity contribution is -0.119. The number of amides is 2. The largest absolute Gasteiger partial charge is 0.351 e. The van der Waals surface area contributed by atoms with E-state index in [1.165, 1.54) is 18.3 Å². The molecule has 0 aliphatic carbocycles. The number of rotatable bonds is 5. The first-order valence-electron chi connectivity index (χ1n) is 7.68. The summed E-state index contributed by atoms with van der Waals surface area (Å²) in [5.74, 6) is -0.219. The fourth-order valence-electron chi connectivity index (χ4n) is 2.14. The number of thiophene rings is 1. The molecule has 128 valence electrons. The number of aryl methyl sites for hydroxylation is 1. The number of anilines is 1. The van der Waals surface area contributed by atoms with Crippen molar-refractivity contribution in [3.05, 3.63) is 57.8 Å². The molecule has 0 atom stereocenters. The van der Waals surface area contributed by atoms with E-state index < -0.39 is 0 Å². The van der Waals surface area contributed by atoms with E-state index in [4.69, 9.17) is 0 Å². The fraction of sp³-hybridized carbons (Fsp3) is 0.167. The molecule has 0 saturated carbocycles. The zero-order valence-corrected chi connectivity index (χ0v) is 15.5. The van der Waals surface area contributed by atoms with Crippen molar-refractivity contribution in [3.63, 3.8) is 0 Å². The molecule has 0 bridgehead atoms. The van der Waals surface area contributed by atoms with Crippen molar-refractivity contribution in [2.75, 3.05) is 5.32 Å². The number of carbonyl (C=O) groups excluding carboxylic acids is 2. The third-order valence-electron chi connectivity index (χ3n) is 3.46. The van der Waals surface area contributed by atoms with Crippen molar-refractivity contribution in [2.24, 2.45) is 0 Å². The van der Waals surface area contributed by atoms with Crippen LogP contribution in [0.3, 0.4) is 0 Å². The lowest BCUT2D eigenvalue weighted by Gasteiger charge is -2.01.